The highest BCUT2D eigenvalue weighted by atomic mass is 35.5. The van der Waals surface area contributed by atoms with Crippen molar-refractivity contribution >= 4 is 44.6 Å². The van der Waals surface area contributed by atoms with Gasteiger partial charge >= 0.3 is 0 Å². The standard InChI is InChI=1S/C22H22Cl2N2O3S/c1-25(2)14-15-29-22-16-19(12-13-21(22)24)26(18-10-8-17(23)9-11-18)30(27,28)20-6-4-3-5-7-20/h3-13,16H,14-15H2,1-2H3. The Morgan fingerprint density at radius 2 is 1.50 bits per heavy atom. The van der Waals surface area contributed by atoms with Crippen LogP contribution in [0.25, 0.3) is 0 Å². The number of hydrogen-bond acceptors (Lipinski definition) is 4. The molecule has 8 heteroatoms. The Hall–Kier alpha value is -2.25. The summed E-state index contributed by atoms with van der Waals surface area (Å²) in [6.45, 7) is 1.12. The van der Waals surface area contributed by atoms with E-state index >= 15 is 0 Å². The Balaban J connectivity index is 2.08. The summed E-state index contributed by atoms with van der Waals surface area (Å²) in [5, 5.41) is 0.922. The lowest BCUT2D eigenvalue weighted by Gasteiger charge is -2.25. The fourth-order valence-corrected chi connectivity index (χ4v) is 4.57. The van der Waals surface area contributed by atoms with Crippen molar-refractivity contribution in [1.82, 2.24) is 4.90 Å². The second kappa shape index (κ2) is 9.71. The van der Waals surface area contributed by atoms with E-state index in [1.807, 2.05) is 19.0 Å². The van der Waals surface area contributed by atoms with Gasteiger partial charge in [0.15, 0.2) is 0 Å². The molecule has 0 unspecified atom stereocenters. The van der Waals surface area contributed by atoms with E-state index in [4.69, 9.17) is 27.9 Å². The minimum absolute atomic E-state index is 0.171. The van der Waals surface area contributed by atoms with E-state index in [0.29, 0.717) is 40.3 Å². The van der Waals surface area contributed by atoms with E-state index in [2.05, 4.69) is 0 Å². The molecule has 0 bridgehead atoms. The number of rotatable bonds is 8. The van der Waals surface area contributed by atoms with Crippen molar-refractivity contribution in [2.24, 2.45) is 0 Å². The average molecular weight is 465 g/mol. The van der Waals surface area contributed by atoms with Crippen LogP contribution in [0.4, 0.5) is 11.4 Å². The normalized spacial score (nSPS) is 11.5. The Kier molecular flexibility index (Phi) is 7.26. The predicted molar refractivity (Wildman–Crippen MR) is 123 cm³/mol. The van der Waals surface area contributed by atoms with Gasteiger partial charge in [0, 0.05) is 17.6 Å². The van der Waals surface area contributed by atoms with Crippen LogP contribution in [-0.2, 0) is 10.0 Å². The summed E-state index contributed by atoms with van der Waals surface area (Å²) in [7, 11) is -0.0191. The first kappa shape index (κ1) is 22.4. The SMILES string of the molecule is CN(C)CCOc1cc(N(c2ccc(Cl)cc2)S(=O)(=O)c2ccccc2)ccc1Cl. The van der Waals surface area contributed by atoms with Gasteiger partial charge in [-0.15, -0.1) is 0 Å². The lowest BCUT2D eigenvalue weighted by Crippen LogP contribution is -2.26. The number of ether oxygens (including phenoxy) is 1. The monoisotopic (exact) mass is 464 g/mol. The van der Waals surface area contributed by atoms with Gasteiger partial charge in [0.2, 0.25) is 0 Å². The van der Waals surface area contributed by atoms with E-state index < -0.39 is 10.0 Å². The van der Waals surface area contributed by atoms with Crippen LogP contribution in [0.5, 0.6) is 5.75 Å². The molecule has 0 saturated carbocycles. The van der Waals surface area contributed by atoms with Crippen LogP contribution in [-0.4, -0.2) is 40.6 Å². The fourth-order valence-electron chi connectivity index (χ4n) is 2.77. The minimum Gasteiger partial charge on any atom is -0.491 e. The molecule has 0 atom stereocenters. The second-order valence-corrected chi connectivity index (χ2v) is 9.46. The van der Waals surface area contributed by atoms with Gasteiger partial charge in [0.05, 0.1) is 21.3 Å². The van der Waals surface area contributed by atoms with E-state index in [1.165, 1.54) is 4.31 Å². The van der Waals surface area contributed by atoms with Crippen LogP contribution in [0.15, 0.2) is 77.7 Å². The molecule has 3 aromatic carbocycles. The van der Waals surface area contributed by atoms with Crippen LogP contribution in [0.2, 0.25) is 10.0 Å². The number of sulfonamides is 1. The van der Waals surface area contributed by atoms with Gasteiger partial charge in [0.25, 0.3) is 10.0 Å². The Morgan fingerprint density at radius 3 is 2.13 bits per heavy atom. The lowest BCUT2D eigenvalue weighted by molar-refractivity contribution is 0.261. The zero-order valence-electron chi connectivity index (χ0n) is 16.6. The van der Waals surface area contributed by atoms with E-state index in [9.17, 15) is 8.42 Å². The molecule has 30 heavy (non-hydrogen) atoms. The molecule has 3 aromatic rings. The number of halogens is 2. The smallest absolute Gasteiger partial charge is 0.268 e. The van der Waals surface area contributed by atoms with Crippen LogP contribution >= 0.6 is 23.2 Å². The zero-order valence-corrected chi connectivity index (χ0v) is 19.0. The fraction of sp³-hybridized carbons (Fsp3) is 0.182. The van der Waals surface area contributed by atoms with Crippen LogP contribution in [0.3, 0.4) is 0 Å². The largest absolute Gasteiger partial charge is 0.491 e. The predicted octanol–water partition coefficient (Wildman–Crippen LogP) is 5.46. The third kappa shape index (κ3) is 5.26. The van der Waals surface area contributed by atoms with Crippen molar-refractivity contribution in [3.8, 4) is 5.75 Å². The minimum atomic E-state index is -3.90. The number of anilines is 2. The van der Waals surface area contributed by atoms with Gasteiger partial charge < -0.3 is 9.64 Å². The summed E-state index contributed by atoms with van der Waals surface area (Å²) in [4.78, 5) is 2.16. The second-order valence-electron chi connectivity index (χ2n) is 6.83. The van der Waals surface area contributed by atoms with Crippen molar-refractivity contribution in [1.29, 1.82) is 0 Å². The molecule has 0 aliphatic heterocycles. The number of hydrogen-bond donors (Lipinski definition) is 0. The quantitative estimate of drug-likeness (QED) is 0.443. The molecule has 0 aliphatic carbocycles. The molecule has 0 saturated heterocycles. The van der Waals surface area contributed by atoms with Crippen molar-refractivity contribution in [3.05, 3.63) is 82.8 Å². The summed E-state index contributed by atoms with van der Waals surface area (Å²) in [5.74, 6) is 0.415. The maximum Gasteiger partial charge on any atom is 0.268 e. The number of likely N-dealkylation sites (N-methyl/N-ethyl adjacent to an activating group) is 1. The molecule has 0 N–H and O–H groups in total. The van der Waals surface area contributed by atoms with Crippen LogP contribution < -0.4 is 9.04 Å². The summed E-state index contributed by atoms with van der Waals surface area (Å²) in [6, 6.07) is 19.8. The molecule has 0 radical (unpaired) electrons. The summed E-state index contributed by atoms with van der Waals surface area (Å²) in [6.07, 6.45) is 0. The number of nitrogens with zero attached hydrogens (tertiary/aromatic N) is 2. The molecule has 0 fully saturated rings. The molecule has 0 heterocycles. The van der Waals surface area contributed by atoms with E-state index in [1.54, 1.807) is 72.8 Å². The van der Waals surface area contributed by atoms with Crippen molar-refractivity contribution in [3.63, 3.8) is 0 Å². The first-order chi connectivity index (χ1) is 14.3. The van der Waals surface area contributed by atoms with Crippen LogP contribution in [0, 0.1) is 0 Å². The van der Waals surface area contributed by atoms with Crippen molar-refractivity contribution < 1.29 is 13.2 Å². The Labute approximate surface area is 187 Å². The average Bonchev–Trinajstić information content (AvgIpc) is 2.72. The molecule has 0 amide bonds. The van der Waals surface area contributed by atoms with Gasteiger partial charge in [-0.2, -0.15) is 0 Å². The summed E-state index contributed by atoms with van der Waals surface area (Å²) in [5.41, 5.74) is 0.857. The van der Waals surface area contributed by atoms with Gasteiger partial charge in [-0.3, -0.25) is 0 Å². The molecule has 0 spiro atoms. The molecule has 0 aromatic heterocycles. The highest BCUT2D eigenvalue weighted by Crippen LogP contribution is 2.37. The summed E-state index contributed by atoms with van der Waals surface area (Å²) < 4.78 is 34.1. The third-order valence-electron chi connectivity index (χ3n) is 4.29. The third-order valence-corrected chi connectivity index (χ3v) is 6.62. The molecular weight excluding hydrogens is 443 g/mol. The molecule has 5 nitrogen and oxygen atoms in total. The van der Waals surface area contributed by atoms with Gasteiger partial charge in [-0.25, -0.2) is 12.7 Å². The maximum absolute atomic E-state index is 13.5. The Morgan fingerprint density at radius 1 is 0.867 bits per heavy atom. The first-order valence-electron chi connectivity index (χ1n) is 9.22. The van der Waals surface area contributed by atoms with Crippen molar-refractivity contribution in [2.45, 2.75) is 4.90 Å². The molecule has 3 rings (SSSR count). The van der Waals surface area contributed by atoms with Gasteiger partial charge in [-0.1, -0.05) is 41.4 Å². The lowest BCUT2D eigenvalue weighted by atomic mass is 10.2. The van der Waals surface area contributed by atoms with Gasteiger partial charge in [-0.05, 0) is 62.6 Å². The number of benzene rings is 3. The zero-order chi connectivity index (χ0) is 21.7. The molecule has 158 valence electrons. The maximum atomic E-state index is 13.5. The van der Waals surface area contributed by atoms with Gasteiger partial charge in [0.1, 0.15) is 12.4 Å². The molecular formula is C22H22Cl2N2O3S. The van der Waals surface area contributed by atoms with Crippen LogP contribution in [0.1, 0.15) is 0 Å². The van der Waals surface area contributed by atoms with E-state index in [0.717, 1.165) is 0 Å². The first-order valence-corrected chi connectivity index (χ1v) is 11.4. The summed E-state index contributed by atoms with van der Waals surface area (Å²) >= 11 is 12.3. The van der Waals surface area contributed by atoms with E-state index in [-0.39, 0.29) is 4.90 Å². The highest BCUT2D eigenvalue weighted by Gasteiger charge is 2.27. The highest BCUT2D eigenvalue weighted by molar-refractivity contribution is 7.93. The topological polar surface area (TPSA) is 49.9 Å². The Bertz CT molecular complexity index is 1090. The van der Waals surface area contributed by atoms with Crippen molar-refractivity contribution in [2.75, 3.05) is 31.6 Å². The molecule has 0 aliphatic rings.